The second-order valence-electron chi connectivity index (χ2n) is 5.84. The molecule has 1 atom stereocenters. The van der Waals surface area contributed by atoms with Crippen molar-refractivity contribution in [1.82, 2.24) is 4.90 Å². The van der Waals surface area contributed by atoms with Gasteiger partial charge in [0.25, 0.3) is 5.91 Å². The number of hydrogen-bond acceptors (Lipinski definition) is 4. The molecular weight excluding hydrogens is 320 g/mol. The van der Waals surface area contributed by atoms with Crippen molar-refractivity contribution in [3.63, 3.8) is 0 Å². The highest BCUT2D eigenvalue weighted by atomic mass is 16.6. The number of carbonyl (C=O) groups is 2. The van der Waals surface area contributed by atoms with E-state index in [4.69, 9.17) is 9.47 Å². The SMILES string of the molecule is CC1CN(C(=O)c2ccc(NC(=O)Oc3ccccc3)cc2)CCO1. The Morgan fingerprint density at radius 1 is 1.12 bits per heavy atom. The van der Waals surface area contributed by atoms with Crippen molar-refractivity contribution in [1.29, 1.82) is 0 Å². The average Bonchev–Trinajstić information content (AvgIpc) is 2.62. The summed E-state index contributed by atoms with van der Waals surface area (Å²) in [5.41, 5.74) is 1.14. The number of carbonyl (C=O) groups excluding carboxylic acids is 2. The Kier molecular flexibility index (Phi) is 5.30. The third-order valence-corrected chi connectivity index (χ3v) is 3.86. The van der Waals surface area contributed by atoms with Gasteiger partial charge >= 0.3 is 6.09 Å². The largest absolute Gasteiger partial charge is 0.417 e. The average molecular weight is 340 g/mol. The van der Waals surface area contributed by atoms with Crippen LogP contribution in [0.4, 0.5) is 10.5 Å². The number of rotatable bonds is 3. The quantitative estimate of drug-likeness (QED) is 0.932. The van der Waals surface area contributed by atoms with Crippen LogP contribution >= 0.6 is 0 Å². The summed E-state index contributed by atoms with van der Waals surface area (Å²) in [6, 6.07) is 15.6. The number of benzene rings is 2. The van der Waals surface area contributed by atoms with Crippen LogP contribution in [0.25, 0.3) is 0 Å². The van der Waals surface area contributed by atoms with Crippen molar-refractivity contribution in [2.24, 2.45) is 0 Å². The molecule has 1 N–H and O–H groups in total. The van der Waals surface area contributed by atoms with Gasteiger partial charge in [-0.1, -0.05) is 18.2 Å². The monoisotopic (exact) mass is 340 g/mol. The van der Waals surface area contributed by atoms with E-state index in [1.54, 1.807) is 53.4 Å². The van der Waals surface area contributed by atoms with Crippen molar-refractivity contribution in [2.75, 3.05) is 25.0 Å². The Morgan fingerprint density at radius 3 is 2.52 bits per heavy atom. The van der Waals surface area contributed by atoms with Crippen LogP contribution in [0.5, 0.6) is 5.75 Å². The minimum atomic E-state index is -0.577. The van der Waals surface area contributed by atoms with E-state index in [2.05, 4.69) is 5.32 Å². The lowest BCUT2D eigenvalue weighted by Crippen LogP contribution is -2.44. The number of nitrogens with zero attached hydrogens (tertiary/aromatic N) is 1. The summed E-state index contributed by atoms with van der Waals surface area (Å²) in [7, 11) is 0. The topological polar surface area (TPSA) is 67.9 Å². The molecule has 0 spiro atoms. The Balaban J connectivity index is 1.58. The van der Waals surface area contributed by atoms with E-state index >= 15 is 0 Å². The molecule has 2 aromatic rings. The molecule has 1 unspecified atom stereocenters. The highest BCUT2D eigenvalue weighted by Gasteiger charge is 2.22. The number of nitrogens with one attached hydrogen (secondary N) is 1. The summed E-state index contributed by atoms with van der Waals surface area (Å²) >= 11 is 0. The molecular formula is C19H20N2O4. The van der Waals surface area contributed by atoms with Gasteiger partial charge < -0.3 is 14.4 Å². The number of para-hydroxylation sites is 1. The standard InChI is InChI=1S/C19H20N2O4/c1-14-13-21(11-12-24-14)18(22)15-7-9-16(10-8-15)20-19(23)25-17-5-3-2-4-6-17/h2-10,14H,11-13H2,1H3,(H,20,23). The fourth-order valence-electron chi connectivity index (χ4n) is 2.62. The molecule has 2 amide bonds. The van der Waals surface area contributed by atoms with Crippen LogP contribution in [-0.2, 0) is 4.74 Å². The van der Waals surface area contributed by atoms with Gasteiger partial charge in [0, 0.05) is 24.3 Å². The molecule has 1 saturated heterocycles. The maximum absolute atomic E-state index is 12.5. The van der Waals surface area contributed by atoms with Crippen molar-refractivity contribution < 1.29 is 19.1 Å². The zero-order valence-corrected chi connectivity index (χ0v) is 14.0. The number of amides is 2. The van der Waals surface area contributed by atoms with E-state index < -0.39 is 6.09 Å². The predicted octanol–water partition coefficient (Wildman–Crippen LogP) is 3.16. The minimum absolute atomic E-state index is 0.0337. The highest BCUT2D eigenvalue weighted by Crippen LogP contribution is 2.15. The first-order chi connectivity index (χ1) is 12.1. The molecule has 1 heterocycles. The molecule has 25 heavy (non-hydrogen) atoms. The molecule has 1 fully saturated rings. The Morgan fingerprint density at radius 2 is 1.84 bits per heavy atom. The van der Waals surface area contributed by atoms with Crippen LogP contribution in [0.15, 0.2) is 54.6 Å². The molecule has 0 radical (unpaired) electrons. The summed E-state index contributed by atoms with van der Waals surface area (Å²) < 4.78 is 10.6. The lowest BCUT2D eigenvalue weighted by molar-refractivity contribution is -0.0124. The number of hydrogen-bond donors (Lipinski definition) is 1. The normalized spacial score (nSPS) is 17.0. The maximum Gasteiger partial charge on any atom is 0.417 e. The van der Waals surface area contributed by atoms with Gasteiger partial charge in [-0.05, 0) is 43.3 Å². The number of ether oxygens (including phenoxy) is 2. The minimum Gasteiger partial charge on any atom is -0.410 e. The van der Waals surface area contributed by atoms with Gasteiger partial charge in [0.2, 0.25) is 0 Å². The van der Waals surface area contributed by atoms with E-state index in [0.717, 1.165) is 0 Å². The second-order valence-corrected chi connectivity index (χ2v) is 5.84. The second kappa shape index (κ2) is 7.81. The van der Waals surface area contributed by atoms with E-state index in [1.165, 1.54) is 0 Å². The molecule has 130 valence electrons. The smallest absolute Gasteiger partial charge is 0.410 e. The fourth-order valence-corrected chi connectivity index (χ4v) is 2.62. The molecule has 0 bridgehead atoms. The Bertz CT molecular complexity index is 731. The van der Waals surface area contributed by atoms with Gasteiger partial charge in [0.15, 0.2) is 0 Å². The van der Waals surface area contributed by atoms with Crippen LogP contribution < -0.4 is 10.1 Å². The van der Waals surface area contributed by atoms with Crippen LogP contribution in [0, 0.1) is 0 Å². The summed E-state index contributed by atoms with van der Waals surface area (Å²) in [5.74, 6) is 0.432. The molecule has 6 nitrogen and oxygen atoms in total. The van der Waals surface area contributed by atoms with Gasteiger partial charge in [-0.3, -0.25) is 10.1 Å². The number of anilines is 1. The first kappa shape index (κ1) is 17.0. The molecule has 3 rings (SSSR count). The molecule has 0 aromatic heterocycles. The third-order valence-electron chi connectivity index (χ3n) is 3.86. The van der Waals surface area contributed by atoms with Gasteiger partial charge in [-0.25, -0.2) is 4.79 Å². The molecule has 0 saturated carbocycles. The molecule has 1 aliphatic heterocycles. The van der Waals surface area contributed by atoms with Crippen molar-refractivity contribution in [2.45, 2.75) is 13.0 Å². The van der Waals surface area contributed by atoms with Gasteiger partial charge in [0.05, 0.1) is 12.7 Å². The van der Waals surface area contributed by atoms with Crippen molar-refractivity contribution in [3.8, 4) is 5.75 Å². The van der Waals surface area contributed by atoms with Gasteiger partial charge in [-0.15, -0.1) is 0 Å². The van der Waals surface area contributed by atoms with Crippen LogP contribution in [-0.4, -0.2) is 42.7 Å². The zero-order valence-electron chi connectivity index (χ0n) is 14.0. The first-order valence-corrected chi connectivity index (χ1v) is 8.16. The van der Waals surface area contributed by atoms with Crippen molar-refractivity contribution >= 4 is 17.7 Å². The van der Waals surface area contributed by atoms with E-state index in [0.29, 0.717) is 36.7 Å². The van der Waals surface area contributed by atoms with Crippen molar-refractivity contribution in [3.05, 3.63) is 60.2 Å². The van der Waals surface area contributed by atoms with Crippen LogP contribution in [0.2, 0.25) is 0 Å². The fraction of sp³-hybridized carbons (Fsp3) is 0.263. The van der Waals surface area contributed by atoms with E-state index in [9.17, 15) is 9.59 Å². The third kappa shape index (κ3) is 4.58. The lowest BCUT2D eigenvalue weighted by Gasteiger charge is -2.31. The van der Waals surface area contributed by atoms with Crippen LogP contribution in [0.1, 0.15) is 17.3 Å². The number of morpholine rings is 1. The van der Waals surface area contributed by atoms with Crippen LogP contribution in [0.3, 0.4) is 0 Å². The summed E-state index contributed by atoms with van der Waals surface area (Å²) in [6.07, 6.45) is -0.529. The molecule has 2 aromatic carbocycles. The van der Waals surface area contributed by atoms with Gasteiger partial charge in [0.1, 0.15) is 5.75 Å². The lowest BCUT2D eigenvalue weighted by atomic mass is 10.1. The van der Waals surface area contributed by atoms with Gasteiger partial charge in [-0.2, -0.15) is 0 Å². The zero-order chi connectivity index (χ0) is 17.6. The Hall–Kier alpha value is -2.86. The maximum atomic E-state index is 12.5. The Labute approximate surface area is 146 Å². The molecule has 0 aliphatic carbocycles. The highest BCUT2D eigenvalue weighted by molar-refractivity contribution is 5.95. The van der Waals surface area contributed by atoms with E-state index in [1.807, 2.05) is 13.0 Å². The van der Waals surface area contributed by atoms with E-state index in [-0.39, 0.29) is 12.0 Å². The summed E-state index contributed by atoms with van der Waals surface area (Å²) in [5, 5.41) is 2.64. The predicted molar refractivity (Wildman–Crippen MR) is 93.8 cm³/mol. The first-order valence-electron chi connectivity index (χ1n) is 8.16. The molecule has 6 heteroatoms. The summed E-state index contributed by atoms with van der Waals surface area (Å²) in [4.78, 5) is 26.1. The molecule has 1 aliphatic rings. The summed E-state index contributed by atoms with van der Waals surface area (Å²) in [6.45, 7) is 3.68.